The molecule has 0 aliphatic heterocycles. The van der Waals surface area contributed by atoms with Gasteiger partial charge in [-0.3, -0.25) is 0 Å². The third-order valence-corrected chi connectivity index (χ3v) is 4.75. The monoisotopic (exact) mass is 295 g/mol. The number of hydrogen-bond acceptors (Lipinski definition) is 2. The van der Waals surface area contributed by atoms with Crippen molar-refractivity contribution < 1.29 is 17.9 Å². The second-order valence-corrected chi connectivity index (χ2v) is 6.07. The summed E-state index contributed by atoms with van der Waals surface area (Å²) in [5.41, 5.74) is -0.862. The van der Waals surface area contributed by atoms with Crippen LogP contribution in [0.1, 0.15) is 36.8 Å². The number of nitriles is 1. The number of ether oxygens (including phenoxy) is 1. The van der Waals surface area contributed by atoms with E-state index in [4.69, 9.17) is 10.00 Å². The van der Waals surface area contributed by atoms with E-state index in [1.54, 1.807) is 6.07 Å². The summed E-state index contributed by atoms with van der Waals surface area (Å²) < 4.78 is 44.5. The van der Waals surface area contributed by atoms with Crippen LogP contribution in [0.15, 0.2) is 18.2 Å². The van der Waals surface area contributed by atoms with E-state index in [1.807, 2.05) is 0 Å². The van der Waals surface area contributed by atoms with Gasteiger partial charge in [0.25, 0.3) is 0 Å². The molecule has 21 heavy (non-hydrogen) atoms. The fourth-order valence-electron chi connectivity index (χ4n) is 3.72. The fourth-order valence-corrected chi connectivity index (χ4v) is 3.72. The van der Waals surface area contributed by atoms with Gasteiger partial charge in [-0.15, -0.1) is 0 Å². The van der Waals surface area contributed by atoms with Crippen LogP contribution in [0.3, 0.4) is 0 Å². The smallest absolute Gasteiger partial charge is 0.420 e. The number of benzene rings is 1. The van der Waals surface area contributed by atoms with Crippen molar-refractivity contribution in [2.45, 2.75) is 31.9 Å². The zero-order valence-corrected chi connectivity index (χ0v) is 11.5. The van der Waals surface area contributed by atoms with Crippen LogP contribution in [0, 0.1) is 29.1 Å². The van der Waals surface area contributed by atoms with E-state index >= 15 is 0 Å². The number of alkyl halides is 3. The molecule has 2 nitrogen and oxygen atoms in total. The van der Waals surface area contributed by atoms with Crippen LogP contribution < -0.4 is 4.74 Å². The summed E-state index contributed by atoms with van der Waals surface area (Å²) in [6.45, 7) is 0.343. The molecule has 2 aliphatic rings. The molecule has 0 spiro atoms. The molecule has 3 unspecified atom stereocenters. The maximum absolute atomic E-state index is 13.0. The number of nitrogens with zero attached hydrogens (tertiary/aromatic N) is 1. The van der Waals surface area contributed by atoms with Crippen molar-refractivity contribution in [3.8, 4) is 11.8 Å². The van der Waals surface area contributed by atoms with Gasteiger partial charge in [0.2, 0.25) is 0 Å². The Morgan fingerprint density at radius 3 is 2.62 bits per heavy atom. The van der Waals surface area contributed by atoms with Crippen LogP contribution >= 0.6 is 0 Å². The van der Waals surface area contributed by atoms with Gasteiger partial charge < -0.3 is 4.74 Å². The van der Waals surface area contributed by atoms with Gasteiger partial charge in [0.15, 0.2) is 0 Å². The first-order valence-corrected chi connectivity index (χ1v) is 7.21. The summed E-state index contributed by atoms with van der Waals surface area (Å²) in [6, 6.07) is 5.21. The number of hydrogen-bond donors (Lipinski definition) is 0. The van der Waals surface area contributed by atoms with Crippen LogP contribution in [-0.2, 0) is 6.18 Å². The first-order chi connectivity index (χ1) is 9.97. The largest absolute Gasteiger partial charge is 0.493 e. The highest BCUT2D eigenvalue weighted by atomic mass is 19.4. The molecule has 2 aliphatic carbocycles. The SMILES string of the molecule is N#Cc1ccc(OCC2CC3CCC2C3)c(C(F)(F)F)c1. The molecule has 3 atom stereocenters. The molecule has 0 radical (unpaired) electrons. The summed E-state index contributed by atoms with van der Waals surface area (Å²) >= 11 is 0. The Morgan fingerprint density at radius 1 is 1.24 bits per heavy atom. The minimum absolute atomic E-state index is 0.00500. The quantitative estimate of drug-likeness (QED) is 0.828. The molecule has 0 heterocycles. The van der Waals surface area contributed by atoms with Gasteiger partial charge in [0.1, 0.15) is 5.75 Å². The van der Waals surface area contributed by atoms with Crippen molar-refractivity contribution >= 4 is 0 Å². The Kier molecular flexibility index (Phi) is 3.56. The Balaban J connectivity index is 1.74. The van der Waals surface area contributed by atoms with Gasteiger partial charge in [-0.25, -0.2) is 0 Å². The molecule has 2 saturated carbocycles. The Labute approximate surface area is 121 Å². The highest BCUT2D eigenvalue weighted by Crippen LogP contribution is 2.48. The topological polar surface area (TPSA) is 33.0 Å². The van der Waals surface area contributed by atoms with Crippen molar-refractivity contribution in [3.05, 3.63) is 29.3 Å². The predicted octanol–water partition coefficient (Wildman–Crippen LogP) is 4.39. The van der Waals surface area contributed by atoms with Crippen molar-refractivity contribution in [1.82, 2.24) is 0 Å². The van der Waals surface area contributed by atoms with E-state index in [1.165, 1.54) is 31.4 Å². The summed E-state index contributed by atoms with van der Waals surface area (Å²) in [4.78, 5) is 0. The first-order valence-electron chi connectivity index (χ1n) is 7.21. The Bertz CT molecular complexity index is 576. The Morgan fingerprint density at radius 2 is 2.05 bits per heavy atom. The molecule has 0 N–H and O–H groups in total. The number of rotatable bonds is 3. The molecule has 1 aromatic rings. The van der Waals surface area contributed by atoms with Crippen molar-refractivity contribution in [3.63, 3.8) is 0 Å². The molecule has 2 fully saturated rings. The third kappa shape index (κ3) is 2.85. The van der Waals surface area contributed by atoms with Crippen LogP contribution in [-0.4, -0.2) is 6.61 Å². The third-order valence-electron chi connectivity index (χ3n) is 4.75. The summed E-state index contributed by atoms with van der Waals surface area (Å²) in [7, 11) is 0. The molecule has 3 rings (SSSR count). The maximum Gasteiger partial charge on any atom is 0.420 e. The predicted molar refractivity (Wildman–Crippen MR) is 70.6 cm³/mol. The fraction of sp³-hybridized carbons (Fsp3) is 0.562. The van der Waals surface area contributed by atoms with Crippen molar-refractivity contribution in [1.29, 1.82) is 5.26 Å². The molecule has 0 amide bonds. The lowest BCUT2D eigenvalue weighted by molar-refractivity contribution is -0.139. The van der Waals surface area contributed by atoms with E-state index < -0.39 is 11.7 Å². The van der Waals surface area contributed by atoms with Crippen LogP contribution in [0.25, 0.3) is 0 Å². The minimum atomic E-state index is -4.50. The zero-order chi connectivity index (χ0) is 15.0. The van der Waals surface area contributed by atoms with Gasteiger partial charge in [-0.2, -0.15) is 18.4 Å². The van der Waals surface area contributed by atoms with Crippen LogP contribution in [0.4, 0.5) is 13.2 Å². The minimum Gasteiger partial charge on any atom is -0.493 e. The average Bonchev–Trinajstić information content (AvgIpc) is 3.06. The molecule has 0 saturated heterocycles. The molecule has 2 bridgehead atoms. The highest BCUT2D eigenvalue weighted by Gasteiger charge is 2.40. The van der Waals surface area contributed by atoms with Crippen molar-refractivity contribution in [2.24, 2.45) is 17.8 Å². The summed E-state index contributed by atoms with van der Waals surface area (Å²) in [5, 5.41) is 8.73. The van der Waals surface area contributed by atoms with E-state index in [0.717, 1.165) is 18.4 Å². The second kappa shape index (κ2) is 5.25. The molecule has 112 valence electrons. The molecule has 1 aromatic carbocycles. The van der Waals surface area contributed by atoms with E-state index in [9.17, 15) is 13.2 Å². The van der Waals surface area contributed by atoms with E-state index in [-0.39, 0.29) is 11.3 Å². The summed E-state index contributed by atoms with van der Waals surface area (Å²) in [5.74, 6) is 1.57. The highest BCUT2D eigenvalue weighted by molar-refractivity contribution is 5.43. The van der Waals surface area contributed by atoms with Crippen LogP contribution in [0.5, 0.6) is 5.75 Å². The standard InChI is InChI=1S/C16H16F3NO/c17-16(18,19)14-7-11(8-20)2-4-15(14)21-9-13-6-10-1-3-12(13)5-10/h2,4,7,10,12-13H,1,3,5-6,9H2. The first kappa shape index (κ1) is 14.2. The molecule has 5 heteroatoms. The number of fused-ring (bicyclic) bond motifs is 2. The normalized spacial score (nSPS) is 27.6. The summed E-state index contributed by atoms with van der Waals surface area (Å²) in [6.07, 6.45) is 0.205. The number of halogens is 3. The van der Waals surface area contributed by atoms with Gasteiger partial charge >= 0.3 is 6.18 Å². The lowest BCUT2D eigenvalue weighted by Gasteiger charge is -2.23. The maximum atomic E-state index is 13.0. The average molecular weight is 295 g/mol. The van der Waals surface area contributed by atoms with Gasteiger partial charge in [-0.1, -0.05) is 6.42 Å². The van der Waals surface area contributed by atoms with Gasteiger partial charge in [0, 0.05) is 0 Å². The lowest BCUT2D eigenvalue weighted by Crippen LogP contribution is -2.20. The second-order valence-electron chi connectivity index (χ2n) is 6.07. The molecular weight excluding hydrogens is 279 g/mol. The van der Waals surface area contributed by atoms with E-state index in [2.05, 4.69) is 0 Å². The van der Waals surface area contributed by atoms with E-state index in [0.29, 0.717) is 18.4 Å². The van der Waals surface area contributed by atoms with Gasteiger partial charge in [0.05, 0.1) is 23.8 Å². The van der Waals surface area contributed by atoms with Crippen molar-refractivity contribution in [2.75, 3.05) is 6.61 Å². The molecule has 0 aromatic heterocycles. The molecular formula is C16H16F3NO. The Hall–Kier alpha value is -1.70. The van der Waals surface area contributed by atoms with Crippen LogP contribution in [0.2, 0.25) is 0 Å². The lowest BCUT2D eigenvalue weighted by atomic mass is 9.89. The van der Waals surface area contributed by atoms with Gasteiger partial charge in [-0.05, 0) is 55.2 Å². The zero-order valence-electron chi connectivity index (χ0n) is 11.5.